The molecule has 2 N–H and O–H groups in total. The monoisotopic (exact) mass is 246 g/mol. The molecule has 0 saturated heterocycles. The van der Waals surface area contributed by atoms with Crippen LogP contribution in [0, 0.1) is 0 Å². The summed E-state index contributed by atoms with van der Waals surface area (Å²) in [7, 11) is 1.69. The van der Waals surface area contributed by atoms with Gasteiger partial charge >= 0.3 is 0 Å². The minimum Gasteiger partial charge on any atom is -0.394 e. The van der Waals surface area contributed by atoms with Crippen molar-refractivity contribution in [2.75, 3.05) is 6.61 Å². The number of hydrogen-bond donors (Lipinski definition) is 2. The Hall–Kier alpha value is -2.21. The number of hydrogen-bond acceptors (Lipinski definition) is 4. The number of aromatic nitrogens is 3. The standard InChI is InChI=1S/C12H14N4O2/c1-16-7-10(14-15-16)12(18)13-11(8-17)9-5-3-2-4-6-9/h2-7,11,17H,8H2,1H3,(H,13,18). The predicted octanol–water partition coefficient (Wildman–Crippen LogP) is 0.279. The molecule has 6 heteroatoms. The third-order valence-corrected chi connectivity index (χ3v) is 2.53. The van der Waals surface area contributed by atoms with Crippen LogP contribution >= 0.6 is 0 Å². The lowest BCUT2D eigenvalue weighted by molar-refractivity contribution is 0.0911. The highest BCUT2D eigenvalue weighted by molar-refractivity contribution is 5.92. The minimum absolute atomic E-state index is 0.171. The van der Waals surface area contributed by atoms with E-state index in [-0.39, 0.29) is 18.2 Å². The molecule has 0 bridgehead atoms. The van der Waals surface area contributed by atoms with Crippen LogP contribution in [0.5, 0.6) is 0 Å². The number of aliphatic hydroxyl groups is 1. The maximum Gasteiger partial charge on any atom is 0.274 e. The molecule has 0 radical (unpaired) electrons. The van der Waals surface area contributed by atoms with Gasteiger partial charge in [0.1, 0.15) is 0 Å². The molecule has 1 aromatic heterocycles. The van der Waals surface area contributed by atoms with Gasteiger partial charge in [-0.3, -0.25) is 9.48 Å². The van der Waals surface area contributed by atoms with Crippen molar-refractivity contribution >= 4 is 5.91 Å². The molecule has 1 amide bonds. The SMILES string of the molecule is Cn1cc(C(=O)NC(CO)c2ccccc2)nn1. The van der Waals surface area contributed by atoms with Gasteiger partial charge in [0, 0.05) is 7.05 Å². The largest absolute Gasteiger partial charge is 0.394 e. The van der Waals surface area contributed by atoms with Gasteiger partial charge in [-0.1, -0.05) is 35.5 Å². The third kappa shape index (κ3) is 2.72. The Bertz CT molecular complexity index is 524. The number of nitrogens with one attached hydrogen (secondary N) is 1. The van der Waals surface area contributed by atoms with E-state index in [1.165, 1.54) is 10.9 Å². The van der Waals surface area contributed by atoms with Crippen molar-refractivity contribution in [3.63, 3.8) is 0 Å². The zero-order valence-corrected chi connectivity index (χ0v) is 9.95. The second kappa shape index (κ2) is 5.42. The molecule has 1 aromatic carbocycles. The van der Waals surface area contributed by atoms with E-state index in [2.05, 4.69) is 15.6 Å². The van der Waals surface area contributed by atoms with Crippen LogP contribution in [0.3, 0.4) is 0 Å². The first-order valence-corrected chi connectivity index (χ1v) is 5.53. The molecule has 0 saturated carbocycles. The van der Waals surface area contributed by atoms with Gasteiger partial charge in [0.2, 0.25) is 0 Å². The molecule has 0 fully saturated rings. The third-order valence-electron chi connectivity index (χ3n) is 2.53. The summed E-state index contributed by atoms with van der Waals surface area (Å²) in [6.45, 7) is -0.171. The Morgan fingerprint density at radius 3 is 2.72 bits per heavy atom. The molecule has 1 unspecified atom stereocenters. The van der Waals surface area contributed by atoms with E-state index in [0.717, 1.165) is 5.56 Å². The number of carbonyl (C=O) groups excluding carboxylic acids is 1. The van der Waals surface area contributed by atoms with Crippen LogP contribution in [-0.4, -0.2) is 32.6 Å². The lowest BCUT2D eigenvalue weighted by Crippen LogP contribution is -2.31. The van der Waals surface area contributed by atoms with E-state index < -0.39 is 6.04 Å². The average molecular weight is 246 g/mol. The Morgan fingerprint density at radius 2 is 2.17 bits per heavy atom. The van der Waals surface area contributed by atoms with Crippen LogP contribution in [0.4, 0.5) is 0 Å². The first-order chi connectivity index (χ1) is 8.70. The number of benzene rings is 1. The zero-order valence-electron chi connectivity index (χ0n) is 9.95. The first-order valence-electron chi connectivity index (χ1n) is 5.53. The van der Waals surface area contributed by atoms with Gasteiger partial charge in [0.05, 0.1) is 18.8 Å². The van der Waals surface area contributed by atoms with Crippen molar-refractivity contribution in [1.82, 2.24) is 20.3 Å². The van der Waals surface area contributed by atoms with Gasteiger partial charge in [-0.15, -0.1) is 5.10 Å². The van der Waals surface area contributed by atoms with Crippen molar-refractivity contribution in [2.45, 2.75) is 6.04 Å². The molecule has 18 heavy (non-hydrogen) atoms. The van der Waals surface area contributed by atoms with Gasteiger partial charge in [0.15, 0.2) is 5.69 Å². The number of rotatable bonds is 4. The molecule has 0 spiro atoms. The summed E-state index contributed by atoms with van der Waals surface area (Å²) < 4.78 is 1.45. The Balaban J connectivity index is 2.10. The first kappa shape index (κ1) is 12.3. The molecule has 0 aliphatic rings. The minimum atomic E-state index is -0.444. The summed E-state index contributed by atoms with van der Waals surface area (Å²) in [5, 5.41) is 19.4. The highest BCUT2D eigenvalue weighted by Crippen LogP contribution is 2.12. The quantitative estimate of drug-likeness (QED) is 0.812. The highest BCUT2D eigenvalue weighted by Gasteiger charge is 2.16. The maximum atomic E-state index is 11.9. The summed E-state index contributed by atoms with van der Waals surface area (Å²) in [4.78, 5) is 11.9. The summed E-state index contributed by atoms with van der Waals surface area (Å²) in [6.07, 6.45) is 1.52. The Kier molecular flexibility index (Phi) is 3.69. The van der Waals surface area contributed by atoms with Gasteiger partial charge in [-0.25, -0.2) is 0 Å². The molecule has 2 rings (SSSR count). The number of carbonyl (C=O) groups is 1. The lowest BCUT2D eigenvalue weighted by atomic mass is 10.1. The topological polar surface area (TPSA) is 80.0 Å². The summed E-state index contributed by atoms with van der Waals surface area (Å²) in [5.41, 5.74) is 1.07. The lowest BCUT2D eigenvalue weighted by Gasteiger charge is -2.15. The van der Waals surface area contributed by atoms with E-state index >= 15 is 0 Å². The zero-order chi connectivity index (χ0) is 13.0. The Labute approximate surface area is 104 Å². The summed E-state index contributed by atoms with van der Waals surface area (Å²) in [6, 6.07) is 8.83. The normalized spacial score (nSPS) is 12.1. The van der Waals surface area contributed by atoms with Crippen LogP contribution in [0.1, 0.15) is 22.1 Å². The second-order valence-electron chi connectivity index (χ2n) is 3.90. The van der Waals surface area contributed by atoms with Crippen molar-refractivity contribution in [2.24, 2.45) is 7.05 Å². The van der Waals surface area contributed by atoms with Gasteiger partial charge in [0.25, 0.3) is 5.91 Å². The number of nitrogens with zero attached hydrogens (tertiary/aromatic N) is 3. The second-order valence-corrected chi connectivity index (χ2v) is 3.90. The van der Waals surface area contributed by atoms with Crippen LogP contribution in [0.15, 0.2) is 36.5 Å². The molecule has 0 aliphatic heterocycles. The molecule has 2 aromatic rings. The fraction of sp³-hybridized carbons (Fsp3) is 0.250. The van der Waals surface area contributed by atoms with Crippen molar-refractivity contribution < 1.29 is 9.90 Å². The molecular formula is C12H14N4O2. The van der Waals surface area contributed by atoms with E-state index in [0.29, 0.717) is 0 Å². The molecule has 1 atom stereocenters. The van der Waals surface area contributed by atoms with Gasteiger partial charge < -0.3 is 10.4 Å². The predicted molar refractivity (Wildman–Crippen MR) is 64.7 cm³/mol. The van der Waals surface area contributed by atoms with E-state index in [1.54, 1.807) is 7.05 Å². The fourth-order valence-corrected chi connectivity index (χ4v) is 1.60. The van der Waals surface area contributed by atoms with Crippen LogP contribution in [-0.2, 0) is 7.05 Å². The van der Waals surface area contributed by atoms with Crippen molar-refractivity contribution in [3.8, 4) is 0 Å². The molecule has 1 heterocycles. The summed E-state index contributed by atoms with van der Waals surface area (Å²) in [5.74, 6) is -0.356. The molecule has 6 nitrogen and oxygen atoms in total. The smallest absolute Gasteiger partial charge is 0.274 e. The average Bonchev–Trinajstić information content (AvgIpc) is 2.83. The number of aliphatic hydroxyl groups excluding tert-OH is 1. The van der Waals surface area contributed by atoms with E-state index in [9.17, 15) is 9.90 Å². The van der Waals surface area contributed by atoms with Gasteiger partial charge in [-0.05, 0) is 5.56 Å². The van der Waals surface area contributed by atoms with Crippen LogP contribution in [0.25, 0.3) is 0 Å². The number of amides is 1. The van der Waals surface area contributed by atoms with Gasteiger partial charge in [-0.2, -0.15) is 0 Å². The van der Waals surface area contributed by atoms with Crippen molar-refractivity contribution in [3.05, 3.63) is 47.8 Å². The van der Waals surface area contributed by atoms with Crippen LogP contribution < -0.4 is 5.32 Å². The van der Waals surface area contributed by atoms with E-state index in [1.807, 2.05) is 30.3 Å². The Morgan fingerprint density at radius 1 is 1.44 bits per heavy atom. The highest BCUT2D eigenvalue weighted by atomic mass is 16.3. The molecular weight excluding hydrogens is 232 g/mol. The van der Waals surface area contributed by atoms with Crippen molar-refractivity contribution in [1.29, 1.82) is 0 Å². The molecule has 94 valence electrons. The number of aryl methyl sites for hydroxylation is 1. The fourth-order valence-electron chi connectivity index (χ4n) is 1.60. The summed E-state index contributed by atoms with van der Waals surface area (Å²) >= 11 is 0. The maximum absolute atomic E-state index is 11.9. The van der Waals surface area contributed by atoms with E-state index in [4.69, 9.17) is 0 Å². The molecule has 0 aliphatic carbocycles. The van der Waals surface area contributed by atoms with Crippen LogP contribution in [0.2, 0.25) is 0 Å².